The Morgan fingerprint density at radius 3 is 2.48 bits per heavy atom. The maximum absolute atomic E-state index is 5.59. The summed E-state index contributed by atoms with van der Waals surface area (Å²) in [5, 5.41) is 6.98. The number of halogens is 1. The molecular formula is C22H39IN4O2. The molecule has 1 unspecified atom stereocenters. The zero-order valence-electron chi connectivity index (χ0n) is 18.4. The Kier molecular flexibility index (Phi) is 13.5. The highest BCUT2D eigenvalue weighted by Gasteiger charge is 2.22. The van der Waals surface area contributed by atoms with Gasteiger partial charge in [-0.25, -0.2) is 0 Å². The van der Waals surface area contributed by atoms with Gasteiger partial charge in [0.1, 0.15) is 0 Å². The molecule has 1 atom stereocenters. The second kappa shape index (κ2) is 15.0. The molecule has 1 heterocycles. The van der Waals surface area contributed by atoms with E-state index >= 15 is 0 Å². The van der Waals surface area contributed by atoms with E-state index in [0.717, 1.165) is 52.0 Å². The SMILES string of the molecule is CCOCc1ccccc1CNC(=NC)NCC(CC(C)C)N1CCOCC1.I. The maximum atomic E-state index is 5.59. The Hall–Kier alpha value is -0.900. The highest BCUT2D eigenvalue weighted by atomic mass is 127. The van der Waals surface area contributed by atoms with Gasteiger partial charge in [0.2, 0.25) is 0 Å². The number of morpholine rings is 1. The van der Waals surface area contributed by atoms with Crippen LogP contribution in [0.15, 0.2) is 29.3 Å². The molecule has 0 amide bonds. The Morgan fingerprint density at radius 2 is 1.86 bits per heavy atom. The Morgan fingerprint density at radius 1 is 1.17 bits per heavy atom. The van der Waals surface area contributed by atoms with Gasteiger partial charge in [0, 0.05) is 45.9 Å². The molecule has 2 rings (SSSR count). The van der Waals surface area contributed by atoms with E-state index in [2.05, 4.69) is 58.6 Å². The third-order valence-electron chi connectivity index (χ3n) is 5.06. The van der Waals surface area contributed by atoms with Gasteiger partial charge in [-0.05, 0) is 30.4 Å². The van der Waals surface area contributed by atoms with E-state index in [1.54, 1.807) is 0 Å². The van der Waals surface area contributed by atoms with Crippen LogP contribution in [0.5, 0.6) is 0 Å². The van der Waals surface area contributed by atoms with Crippen LogP contribution in [0.4, 0.5) is 0 Å². The number of guanidine groups is 1. The average molecular weight is 518 g/mol. The fourth-order valence-corrected chi connectivity index (χ4v) is 3.55. The van der Waals surface area contributed by atoms with E-state index in [1.165, 1.54) is 17.5 Å². The zero-order valence-corrected chi connectivity index (χ0v) is 20.8. The topological polar surface area (TPSA) is 58.1 Å². The van der Waals surface area contributed by atoms with E-state index in [-0.39, 0.29) is 24.0 Å². The molecule has 0 saturated carbocycles. The van der Waals surface area contributed by atoms with Crippen molar-refractivity contribution in [1.29, 1.82) is 0 Å². The van der Waals surface area contributed by atoms with Gasteiger partial charge in [-0.2, -0.15) is 0 Å². The van der Waals surface area contributed by atoms with Crippen molar-refractivity contribution in [3.63, 3.8) is 0 Å². The lowest BCUT2D eigenvalue weighted by Gasteiger charge is -2.35. The number of nitrogens with one attached hydrogen (secondary N) is 2. The summed E-state index contributed by atoms with van der Waals surface area (Å²) in [5.74, 6) is 1.50. The summed E-state index contributed by atoms with van der Waals surface area (Å²) in [6.07, 6.45) is 1.17. The van der Waals surface area contributed by atoms with Gasteiger partial charge < -0.3 is 20.1 Å². The second-order valence-electron chi connectivity index (χ2n) is 7.64. The van der Waals surface area contributed by atoms with Crippen LogP contribution in [-0.4, -0.2) is 63.4 Å². The summed E-state index contributed by atoms with van der Waals surface area (Å²) in [6.45, 7) is 13.3. The smallest absolute Gasteiger partial charge is 0.191 e. The molecule has 1 aromatic carbocycles. The Bertz CT molecular complexity index is 592. The quantitative estimate of drug-likeness (QED) is 0.283. The molecule has 6 nitrogen and oxygen atoms in total. The van der Waals surface area contributed by atoms with E-state index in [9.17, 15) is 0 Å². The second-order valence-corrected chi connectivity index (χ2v) is 7.64. The highest BCUT2D eigenvalue weighted by Crippen LogP contribution is 2.13. The molecule has 1 aromatic rings. The molecule has 1 aliphatic heterocycles. The van der Waals surface area contributed by atoms with Crippen LogP contribution in [-0.2, 0) is 22.6 Å². The Labute approximate surface area is 193 Å². The molecule has 2 N–H and O–H groups in total. The van der Waals surface area contributed by atoms with Crippen LogP contribution in [0.1, 0.15) is 38.3 Å². The summed E-state index contributed by atoms with van der Waals surface area (Å²) in [6, 6.07) is 8.89. The first kappa shape index (κ1) is 26.1. The lowest BCUT2D eigenvalue weighted by atomic mass is 10.0. The van der Waals surface area contributed by atoms with Gasteiger partial charge in [0.05, 0.1) is 19.8 Å². The molecule has 1 aliphatic rings. The molecule has 29 heavy (non-hydrogen) atoms. The molecule has 1 fully saturated rings. The van der Waals surface area contributed by atoms with Gasteiger partial charge >= 0.3 is 0 Å². The van der Waals surface area contributed by atoms with Gasteiger partial charge in [-0.15, -0.1) is 24.0 Å². The standard InChI is InChI=1S/C22H38N4O2.HI/c1-5-27-17-20-9-7-6-8-19(20)15-24-22(23-4)25-16-21(14-18(2)3)26-10-12-28-13-11-26;/h6-9,18,21H,5,10-17H2,1-4H3,(H2,23,24,25);1H. The van der Waals surface area contributed by atoms with Crippen LogP contribution >= 0.6 is 24.0 Å². The largest absolute Gasteiger partial charge is 0.379 e. The summed E-state index contributed by atoms with van der Waals surface area (Å²) in [4.78, 5) is 6.95. The number of hydrogen-bond donors (Lipinski definition) is 2. The molecule has 0 aromatic heterocycles. The van der Waals surface area contributed by atoms with E-state index in [0.29, 0.717) is 18.6 Å². The summed E-state index contributed by atoms with van der Waals surface area (Å²) in [7, 11) is 1.83. The van der Waals surface area contributed by atoms with Crippen molar-refractivity contribution in [2.24, 2.45) is 10.9 Å². The number of nitrogens with zero attached hydrogens (tertiary/aromatic N) is 2. The molecule has 0 bridgehead atoms. The molecule has 0 radical (unpaired) electrons. The van der Waals surface area contributed by atoms with Crippen molar-refractivity contribution in [2.75, 3.05) is 46.5 Å². The average Bonchev–Trinajstić information content (AvgIpc) is 2.72. The zero-order chi connectivity index (χ0) is 20.2. The van der Waals surface area contributed by atoms with Crippen molar-refractivity contribution in [2.45, 2.75) is 46.4 Å². The molecule has 1 saturated heterocycles. The number of ether oxygens (including phenoxy) is 2. The third-order valence-corrected chi connectivity index (χ3v) is 5.06. The highest BCUT2D eigenvalue weighted by molar-refractivity contribution is 14.0. The first-order chi connectivity index (χ1) is 13.6. The minimum absolute atomic E-state index is 0. The minimum atomic E-state index is 0. The first-order valence-electron chi connectivity index (χ1n) is 10.5. The van der Waals surface area contributed by atoms with Crippen LogP contribution in [0.2, 0.25) is 0 Å². The van der Waals surface area contributed by atoms with Gasteiger partial charge in [-0.1, -0.05) is 38.1 Å². The fraction of sp³-hybridized carbons (Fsp3) is 0.682. The minimum Gasteiger partial charge on any atom is -0.379 e. The maximum Gasteiger partial charge on any atom is 0.191 e. The lowest BCUT2D eigenvalue weighted by molar-refractivity contribution is 0.0132. The van der Waals surface area contributed by atoms with Gasteiger partial charge in [0.15, 0.2) is 5.96 Å². The first-order valence-corrected chi connectivity index (χ1v) is 10.5. The van der Waals surface area contributed by atoms with Crippen LogP contribution < -0.4 is 10.6 Å². The number of benzene rings is 1. The monoisotopic (exact) mass is 518 g/mol. The molecule has 7 heteroatoms. The molecular weight excluding hydrogens is 479 g/mol. The Balaban J connectivity index is 0.00000420. The third kappa shape index (κ3) is 9.63. The van der Waals surface area contributed by atoms with Crippen LogP contribution in [0.25, 0.3) is 0 Å². The lowest BCUT2D eigenvalue weighted by Crippen LogP contribution is -2.51. The van der Waals surface area contributed by atoms with Gasteiger partial charge in [-0.3, -0.25) is 9.89 Å². The van der Waals surface area contributed by atoms with Crippen molar-refractivity contribution in [1.82, 2.24) is 15.5 Å². The van der Waals surface area contributed by atoms with Crippen molar-refractivity contribution in [3.05, 3.63) is 35.4 Å². The number of hydrogen-bond acceptors (Lipinski definition) is 4. The van der Waals surface area contributed by atoms with Crippen molar-refractivity contribution < 1.29 is 9.47 Å². The molecule has 0 spiro atoms. The predicted molar refractivity (Wildman–Crippen MR) is 131 cm³/mol. The van der Waals surface area contributed by atoms with Crippen LogP contribution in [0.3, 0.4) is 0 Å². The summed E-state index contributed by atoms with van der Waals surface area (Å²) >= 11 is 0. The number of aliphatic imine (C=N–C) groups is 1. The number of rotatable bonds is 10. The van der Waals surface area contributed by atoms with E-state index in [4.69, 9.17) is 9.47 Å². The van der Waals surface area contributed by atoms with E-state index in [1.807, 2.05) is 14.0 Å². The molecule has 0 aliphatic carbocycles. The van der Waals surface area contributed by atoms with Crippen molar-refractivity contribution in [3.8, 4) is 0 Å². The fourth-order valence-electron chi connectivity index (χ4n) is 3.55. The molecule has 166 valence electrons. The van der Waals surface area contributed by atoms with Crippen LogP contribution in [0, 0.1) is 5.92 Å². The predicted octanol–water partition coefficient (Wildman–Crippen LogP) is 3.25. The van der Waals surface area contributed by atoms with Crippen molar-refractivity contribution >= 4 is 29.9 Å². The summed E-state index contributed by atoms with van der Waals surface area (Å²) in [5.41, 5.74) is 2.46. The normalized spacial score (nSPS) is 16.4. The van der Waals surface area contributed by atoms with E-state index < -0.39 is 0 Å². The summed E-state index contributed by atoms with van der Waals surface area (Å²) < 4.78 is 11.1. The van der Waals surface area contributed by atoms with Gasteiger partial charge in [0.25, 0.3) is 0 Å².